The van der Waals surface area contributed by atoms with Crippen molar-refractivity contribution < 1.29 is 14.2 Å². The Morgan fingerprint density at radius 1 is 1.23 bits per heavy atom. The van der Waals surface area contributed by atoms with Crippen LogP contribution in [0.5, 0.6) is 11.5 Å². The zero-order valence-corrected chi connectivity index (χ0v) is 21.0. The van der Waals surface area contributed by atoms with Crippen LogP contribution in [0, 0.1) is 0 Å². The van der Waals surface area contributed by atoms with Crippen molar-refractivity contribution in [2.45, 2.75) is 57.9 Å². The number of hydrogen-bond donors (Lipinski definition) is 2. The molecule has 7 nitrogen and oxygen atoms in total. The van der Waals surface area contributed by atoms with Gasteiger partial charge in [-0.2, -0.15) is 0 Å². The summed E-state index contributed by atoms with van der Waals surface area (Å²) < 4.78 is 17.4. The Hall–Kier alpha value is -1.26. The number of nitrogens with one attached hydrogen (secondary N) is 2. The molecule has 0 aliphatic carbocycles. The molecule has 3 rings (SSSR count). The van der Waals surface area contributed by atoms with Crippen LogP contribution in [0.25, 0.3) is 0 Å². The van der Waals surface area contributed by atoms with Gasteiger partial charge < -0.3 is 29.7 Å². The van der Waals surface area contributed by atoms with Crippen molar-refractivity contribution >= 4 is 29.9 Å². The minimum Gasteiger partial charge on any atom is -0.493 e. The van der Waals surface area contributed by atoms with Crippen LogP contribution in [0.15, 0.2) is 23.2 Å². The lowest BCUT2D eigenvalue weighted by Crippen LogP contribution is -2.47. The first-order chi connectivity index (χ1) is 14.2. The standard InChI is InChI=1S/C22H36N4O3.HI/c1-5-26(6-2)11-12-28-20-9-7-16(13-21(20)27-4)15-24-22(23-3)25-18-14-17-8-10-19(18)29-17;/h7,9,13,17-19H,5-6,8,10-12,14-15H2,1-4H3,(H2,23,24,25);1H. The van der Waals surface area contributed by atoms with E-state index in [1.165, 1.54) is 6.42 Å². The van der Waals surface area contributed by atoms with Gasteiger partial charge in [0.15, 0.2) is 17.5 Å². The van der Waals surface area contributed by atoms with Gasteiger partial charge in [-0.05, 0) is 50.0 Å². The van der Waals surface area contributed by atoms with Crippen molar-refractivity contribution in [2.24, 2.45) is 4.99 Å². The number of halogens is 1. The molecule has 0 saturated carbocycles. The fraction of sp³-hybridized carbons (Fsp3) is 0.682. The van der Waals surface area contributed by atoms with Crippen LogP contribution >= 0.6 is 24.0 Å². The summed E-state index contributed by atoms with van der Waals surface area (Å²) in [7, 11) is 3.48. The topological polar surface area (TPSA) is 67.4 Å². The SMILES string of the molecule is CCN(CC)CCOc1ccc(CNC(=NC)NC2CC3CCC2O3)cc1OC.I. The molecule has 30 heavy (non-hydrogen) atoms. The summed E-state index contributed by atoms with van der Waals surface area (Å²) in [6, 6.07) is 6.43. The number of benzene rings is 1. The average molecular weight is 532 g/mol. The van der Waals surface area contributed by atoms with Crippen LogP contribution in [0.3, 0.4) is 0 Å². The molecule has 0 aromatic heterocycles. The molecule has 3 atom stereocenters. The van der Waals surface area contributed by atoms with Crippen molar-refractivity contribution in [3.8, 4) is 11.5 Å². The number of methoxy groups -OCH3 is 1. The highest BCUT2D eigenvalue weighted by Gasteiger charge is 2.41. The predicted molar refractivity (Wildman–Crippen MR) is 131 cm³/mol. The molecule has 2 N–H and O–H groups in total. The van der Waals surface area contributed by atoms with E-state index >= 15 is 0 Å². The summed E-state index contributed by atoms with van der Waals surface area (Å²) in [6.45, 7) is 8.62. The highest BCUT2D eigenvalue weighted by molar-refractivity contribution is 14.0. The van der Waals surface area contributed by atoms with Crippen LogP contribution in [0.2, 0.25) is 0 Å². The molecule has 0 amide bonds. The highest BCUT2D eigenvalue weighted by Crippen LogP contribution is 2.34. The van der Waals surface area contributed by atoms with E-state index in [0.717, 1.165) is 55.5 Å². The molecule has 8 heteroatoms. The number of ether oxygens (including phenoxy) is 3. The summed E-state index contributed by atoms with van der Waals surface area (Å²) in [5.41, 5.74) is 1.12. The minimum atomic E-state index is 0. The van der Waals surface area contributed by atoms with Gasteiger partial charge in [0.1, 0.15) is 6.61 Å². The number of nitrogens with zero attached hydrogens (tertiary/aromatic N) is 2. The number of hydrogen-bond acceptors (Lipinski definition) is 5. The van der Waals surface area contributed by atoms with E-state index in [9.17, 15) is 0 Å². The van der Waals surface area contributed by atoms with Gasteiger partial charge in [0.2, 0.25) is 0 Å². The van der Waals surface area contributed by atoms with Gasteiger partial charge in [-0.25, -0.2) is 0 Å². The van der Waals surface area contributed by atoms with Crippen LogP contribution in [0.1, 0.15) is 38.7 Å². The van der Waals surface area contributed by atoms with Crippen molar-refractivity contribution in [1.82, 2.24) is 15.5 Å². The van der Waals surface area contributed by atoms with E-state index in [1.807, 2.05) is 12.1 Å². The Balaban J connectivity index is 0.00000320. The van der Waals surface area contributed by atoms with E-state index in [-0.39, 0.29) is 24.0 Å². The van der Waals surface area contributed by atoms with E-state index in [4.69, 9.17) is 14.2 Å². The molecule has 2 aliphatic heterocycles. The molecule has 1 aromatic carbocycles. The van der Waals surface area contributed by atoms with Crippen molar-refractivity contribution in [3.63, 3.8) is 0 Å². The minimum absolute atomic E-state index is 0. The van der Waals surface area contributed by atoms with E-state index < -0.39 is 0 Å². The normalized spacial score (nSPS) is 22.7. The zero-order chi connectivity index (χ0) is 20.6. The smallest absolute Gasteiger partial charge is 0.191 e. The second-order valence-electron chi connectivity index (χ2n) is 7.65. The fourth-order valence-corrected chi connectivity index (χ4v) is 4.11. The van der Waals surface area contributed by atoms with Gasteiger partial charge in [-0.3, -0.25) is 4.99 Å². The zero-order valence-electron chi connectivity index (χ0n) is 18.6. The van der Waals surface area contributed by atoms with E-state index in [0.29, 0.717) is 31.4 Å². The monoisotopic (exact) mass is 532 g/mol. The molecule has 3 unspecified atom stereocenters. The number of aliphatic imine (C=N–C) groups is 1. The quantitative estimate of drug-likeness (QED) is 0.275. The van der Waals surface area contributed by atoms with Gasteiger partial charge in [0.05, 0.1) is 25.4 Å². The Morgan fingerprint density at radius 3 is 2.63 bits per heavy atom. The molecule has 2 saturated heterocycles. The first-order valence-corrected chi connectivity index (χ1v) is 10.8. The molecule has 1 aromatic rings. The van der Waals surface area contributed by atoms with Gasteiger partial charge in [-0.1, -0.05) is 19.9 Å². The average Bonchev–Trinajstić information content (AvgIpc) is 3.38. The molecule has 0 radical (unpaired) electrons. The van der Waals surface area contributed by atoms with Crippen LogP contribution < -0.4 is 20.1 Å². The Morgan fingerprint density at radius 2 is 2.03 bits per heavy atom. The molecular formula is C22H37IN4O3. The summed E-state index contributed by atoms with van der Waals surface area (Å²) in [5.74, 6) is 2.35. The first-order valence-electron chi connectivity index (χ1n) is 10.8. The molecule has 0 spiro atoms. The third-order valence-corrected chi connectivity index (χ3v) is 5.90. The molecule has 170 valence electrons. The lowest BCUT2D eigenvalue weighted by molar-refractivity contribution is 0.0992. The van der Waals surface area contributed by atoms with Crippen LogP contribution in [-0.4, -0.2) is 69.5 Å². The maximum Gasteiger partial charge on any atom is 0.191 e. The molecule has 2 heterocycles. The lowest BCUT2D eigenvalue weighted by atomic mass is 9.96. The van der Waals surface area contributed by atoms with Crippen molar-refractivity contribution in [1.29, 1.82) is 0 Å². The number of rotatable bonds is 10. The molecule has 2 bridgehead atoms. The summed E-state index contributed by atoms with van der Waals surface area (Å²) >= 11 is 0. The number of likely N-dealkylation sites (N-methyl/N-ethyl adjacent to an activating group) is 1. The summed E-state index contributed by atoms with van der Waals surface area (Å²) in [4.78, 5) is 6.70. The third kappa shape index (κ3) is 6.62. The van der Waals surface area contributed by atoms with Gasteiger partial charge in [0, 0.05) is 20.1 Å². The molecule has 2 fully saturated rings. The van der Waals surface area contributed by atoms with Gasteiger partial charge >= 0.3 is 0 Å². The first kappa shape index (κ1) is 25.0. The number of guanidine groups is 1. The van der Waals surface area contributed by atoms with Crippen molar-refractivity contribution in [3.05, 3.63) is 23.8 Å². The second-order valence-corrected chi connectivity index (χ2v) is 7.65. The van der Waals surface area contributed by atoms with Crippen LogP contribution in [0.4, 0.5) is 0 Å². The maximum absolute atomic E-state index is 5.94. The largest absolute Gasteiger partial charge is 0.493 e. The van der Waals surface area contributed by atoms with Crippen LogP contribution in [-0.2, 0) is 11.3 Å². The van der Waals surface area contributed by atoms with E-state index in [1.54, 1.807) is 14.2 Å². The molecule has 2 aliphatic rings. The van der Waals surface area contributed by atoms with Gasteiger partial charge in [0.25, 0.3) is 0 Å². The maximum atomic E-state index is 5.94. The summed E-state index contributed by atoms with van der Waals surface area (Å²) in [6.07, 6.45) is 4.16. The lowest BCUT2D eigenvalue weighted by Gasteiger charge is -2.23. The predicted octanol–water partition coefficient (Wildman–Crippen LogP) is 3.02. The Bertz CT molecular complexity index is 684. The third-order valence-electron chi connectivity index (χ3n) is 5.90. The van der Waals surface area contributed by atoms with E-state index in [2.05, 4.69) is 40.4 Å². The summed E-state index contributed by atoms with van der Waals surface area (Å²) in [5, 5.41) is 6.91. The van der Waals surface area contributed by atoms with Crippen molar-refractivity contribution in [2.75, 3.05) is 40.4 Å². The van der Waals surface area contributed by atoms with Gasteiger partial charge in [-0.15, -0.1) is 24.0 Å². The Labute approximate surface area is 197 Å². The number of fused-ring (bicyclic) bond motifs is 2. The highest BCUT2D eigenvalue weighted by atomic mass is 127. The molecular weight excluding hydrogens is 495 g/mol. The fourth-order valence-electron chi connectivity index (χ4n) is 4.11. The Kier molecular flexibility index (Phi) is 10.5. The second kappa shape index (κ2) is 12.6.